The van der Waals surface area contributed by atoms with Crippen LogP contribution in [0.25, 0.3) is 5.76 Å². The van der Waals surface area contributed by atoms with Gasteiger partial charge in [-0.3, -0.25) is 14.4 Å². The van der Waals surface area contributed by atoms with E-state index in [1.807, 2.05) is 0 Å². The highest BCUT2D eigenvalue weighted by Gasteiger charge is 2.71. The van der Waals surface area contributed by atoms with E-state index in [1.54, 1.807) is 0 Å². The molecule has 2 saturated carbocycles. The van der Waals surface area contributed by atoms with Gasteiger partial charge >= 0.3 is 0 Å². The molecule has 0 heterocycles. The first-order valence-corrected chi connectivity index (χ1v) is 9.74. The number of carbonyl (C=O) groups is 3. The summed E-state index contributed by atoms with van der Waals surface area (Å²) in [6.45, 7) is 2.60. The normalized spacial score (nSPS) is 42.0. The van der Waals surface area contributed by atoms with Crippen molar-refractivity contribution in [1.82, 2.24) is 0 Å². The fraction of sp³-hybridized carbons (Fsp3) is 0.476. The molecule has 8 atom stereocenters. The molecule has 31 heavy (non-hydrogen) atoms. The van der Waals surface area contributed by atoms with Crippen LogP contribution in [0.4, 0.5) is 0 Å². The molecule has 0 aliphatic heterocycles. The van der Waals surface area contributed by atoms with Crippen LogP contribution >= 0.6 is 0 Å². The first kappa shape index (κ1) is 21.4. The highest BCUT2D eigenvalue weighted by molar-refractivity contribution is 6.25. The summed E-state index contributed by atoms with van der Waals surface area (Å²) in [6.07, 6.45) is -3.46. The van der Waals surface area contributed by atoms with Gasteiger partial charge < -0.3 is 36.4 Å². The van der Waals surface area contributed by atoms with Gasteiger partial charge in [0.05, 0.1) is 34.9 Å². The van der Waals surface area contributed by atoms with Gasteiger partial charge in [-0.25, -0.2) is 0 Å². The Balaban J connectivity index is 2.02. The fourth-order valence-corrected chi connectivity index (χ4v) is 5.68. The van der Waals surface area contributed by atoms with Crippen molar-refractivity contribution in [3.8, 4) is 5.75 Å². The number of carbonyl (C=O) groups excluding carboxylic acids is 3. The molecule has 0 bridgehead atoms. The van der Waals surface area contributed by atoms with Crippen molar-refractivity contribution in [2.75, 3.05) is 0 Å². The summed E-state index contributed by atoms with van der Waals surface area (Å²) >= 11 is 0. The SMILES string of the molecule is CC1C(O)C(C(N)=O)C(=O)C2(O)C(=O)C3=C(O)c4c(O)cccc4C(C)(O)C3C(O)C12. The first-order valence-electron chi connectivity index (χ1n) is 9.74. The van der Waals surface area contributed by atoms with Crippen LogP contribution in [0.15, 0.2) is 23.8 Å². The van der Waals surface area contributed by atoms with E-state index in [-0.39, 0.29) is 11.1 Å². The van der Waals surface area contributed by atoms with Gasteiger partial charge in [0, 0.05) is 5.92 Å². The van der Waals surface area contributed by atoms with Gasteiger partial charge in [0.15, 0.2) is 11.4 Å². The van der Waals surface area contributed by atoms with E-state index in [4.69, 9.17) is 5.73 Å². The number of fused-ring (bicyclic) bond motifs is 3. The second-order valence-electron chi connectivity index (χ2n) is 8.79. The Kier molecular flexibility index (Phi) is 4.40. The Morgan fingerprint density at radius 3 is 2.29 bits per heavy atom. The van der Waals surface area contributed by atoms with E-state index in [2.05, 4.69) is 0 Å². The number of amides is 1. The van der Waals surface area contributed by atoms with E-state index in [1.165, 1.54) is 32.0 Å². The van der Waals surface area contributed by atoms with E-state index in [0.717, 1.165) is 0 Å². The number of phenols is 1. The average Bonchev–Trinajstić information content (AvgIpc) is 2.67. The second-order valence-corrected chi connectivity index (χ2v) is 8.79. The number of Topliss-reactive ketones (excluding diaryl/α,β-unsaturated/α-hetero) is 2. The highest BCUT2D eigenvalue weighted by atomic mass is 16.3. The zero-order chi connectivity index (χ0) is 23.2. The van der Waals surface area contributed by atoms with Crippen molar-refractivity contribution >= 4 is 23.2 Å². The number of hydrogen-bond acceptors (Lipinski definition) is 9. The number of nitrogens with two attached hydrogens (primary N) is 1. The van der Waals surface area contributed by atoms with Crippen LogP contribution in [0.3, 0.4) is 0 Å². The summed E-state index contributed by atoms with van der Waals surface area (Å²) < 4.78 is 0. The molecule has 8 unspecified atom stereocenters. The number of aromatic hydroxyl groups is 1. The number of benzene rings is 1. The van der Waals surface area contributed by atoms with Crippen molar-refractivity contribution in [3.63, 3.8) is 0 Å². The lowest BCUT2D eigenvalue weighted by Crippen LogP contribution is -2.74. The average molecular weight is 433 g/mol. The molecule has 0 spiro atoms. The molecule has 2 fully saturated rings. The van der Waals surface area contributed by atoms with Crippen molar-refractivity contribution < 1.29 is 45.0 Å². The second kappa shape index (κ2) is 6.36. The van der Waals surface area contributed by atoms with Crippen LogP contribution in [0.5, 0.6) is 5.75 Å². The molecular formula is C21H23NO9. The lowest BCUT2D eigenvalue weighted by Gasteiger charge is -2.56. The maximum Gasteiger partial charge on any atom is 0.230 e. The fourth-order valence-electron chi connectivity index (χ4n) is 5.68. The van der Waals surface area contributed by atoms with Gasteiger partial charge in [0.25, 0.3) is 0 Å². The van der Waals surface area contributed by atoms with Crippen LogP contribution < -0.4 is 5.73 Å². The molecule has 4 rings (SSSR count). The molecule has 0 radical (unpaired) electrons. The number of aliphatic hydroxyl groups excluding tert-OH is 3. The summed E-state index contributed by atoms with van der Waals surface area (Å²) in [7, 11) is 0. The van der Waals surface area contributed by atoms with Gasteiger partial charge in [-0.1, -0.05) is 19.1 Å². The minimum absolute atomic E-state index is 0.0291. The molecule has 10 nitrogen and oxygen atoms in total. The molecule has 8 N–H and O–H groups in total. The quantitative estimate of drug-likeness (QED) is 0.257. The zero-order valence-corrected chi connectivity index (χ0v) is 16.7. The first-order chi connectivity index (χ1) is 14.3. The molecule has 166 valence electrons. The smallest absolute Gasteiger partial charge is 0.230 e. The number of aliphatic hydroxyl groups is 5. The Bertz CT molecular complexity index is 1060. The summed E-state index contributed by atoms with van der Waals surface area (Å²) in [4.78, 5) is 38.3. The van der Waals surface area contributed by atoms with Crippen molar-refractivity contribution in [2.45, 2.75) is 37.3 Å². The van der Waals surface area contributed by atoms with Crippen LogP contribution in [0, 0.1) is 23.7 Å². The molecule has 1 aromatic rings. The zero-order valence-electron chi connectivity index (χ0n) is 16.7. The van der Waals surface area contributed by atoms with Crippen LogP contribution in [-0.4, -0.2) is 65.9 Å². The Labute approximate surface area is 176 Å². The number of ketones is 2. The van der Waals surface area contributed by atoms with Gasteiger partial charge in [0.2, 0.25) is 11.7 Å². The van der Waals surface area contributed by atoms with Crippen molar-refractivity contribution in [2.24, 2.45) is 29.4 Å². The Hall–Kier alpha value is -2.79. The molecule has 0 aromatic heterocycles. The molecule has 0 saturated heterocycles. The van der Waals surface area contributed by atoms with Crippen LogP contribution in [0.1, 0.15) is 25.0 Å². The third-order valence-electron chi connectivity index (χ3n) is 7.19. The molecule has 1 amide bonds. The number of primary amides is 1. The van der Waals surface area contributed by atoms with Gasteiger partial charge in [-0.2, -0.15) is 0 Å². The van der Waals surface area contributed by atoms with Crippen LogP contribution in [0.2, 0.25) is 0 Å². The molecule has 3 aliphatic rings. The summed E-state index contributed by atoms with van der Waals surface area (Å²) in [6, 6.07) is 4.01. The minimum Gasteiger partial charge on any atom is -0.507 e. The van der Waals surface area contributed by atoms with Gasteiger partial charge in [-0.05, 0) is 24.5 Å². The molecule has 3 aliphatic carbocycles. The van der Waals surface area contributed by atoms with E-state index in [9.17, 15) is 45.0 Å². The topological polar surface area (TPSA) is 199 Å². The number of rotatable bonds is 1. The monoisotopic (exact) mass is 433 g/mol. The molecular weight excluding hydrogens is 410 g/mol. The minimum atomic E-state index is -2.98. The van der Waals surface area contributed by atoms with E-state index in [0.29, 0.717) is 0 Å². The summed E-state index contributed by atoms with van der Waals surface area (Å²) in [5.74, 6) is -11.4. The lowest BCUT2D eigenvalue weighted by atomic mass is 9.50. The summed E-state index contributed by atoms with van der Waals surface area (Å²) in [5, 5.41) is 65.4. The Morgan fingerprint density at radius 1 is 1.10 bits per heavy atom. The van der Waals surface area contributed by atoms with Crippen molar-refractivity contribution in [3.05, 3.63) is 34.9 Å². The third-order valence-corrected chi connectivity index (χ3v) is 7.19. The Morgan fingerprint density at radius 2 is 1.71 bits per heavy atom. The number of phenolic OH excluding ortho intramolecular Hbond substituents is 1. The molecule has 10 heteroatoms. The van der Waals surface area contributed by atoms with E-state index >= 15 is 0 Å². The highest BCUT2D eigenvalue weighted by Crippen LogP contribution is 2.57. The van der Waals surface area contributed by atoms with Crippen molar-refractivity contribution in [1.29, 1.82) is 0 Å². The maximum absolute atomic E-state index is 13.5. The standard InChI is InChI=1S/C21H23NO9/c1-6-12-16(26)13-10(15(25)9-7(20(13,2)30)4-3-5-8(9)23)17(27)21(12,31)18(28)11(14(6)24)19(22)29/h3-6,11-14,16,23-26,30-31H,1-2H3,(H2,22,29). The number of hydrogen-bond donors (Lipinski definition) is 7. The van der Waals surface area contributed by atoms with E-state index < -0.39 is 81.6 Å². The van der Waals surface area contributed by atoms with Gasteiger partial charge in [-0.15, -0.1) is 0 Å². The predicted octanol–water partition coefficient (Wildman–Crippen LogP) is -1.53. The van der Waals surface area contributed by atoms with Gasteiger partial charge in [0.1, 0.15) is 17.4 Å². The largest absolute Gasteiger partial charge is 0.507 e. The summed E-state index contributed by atoms with van der Waals surface area (Å²) in [5.41, 5.74) is -0.652. The third kappa shape index (κ3) is 2.38. The maximum atomic E-state index is 13.5. The lowest BCUT2D eigenvalue weighted by molar-refractivity contribution is -0.205. The predicted molar refractivity (Wildman–Crippen MR) is 103 cm³/mol. The molecule has 1 aromatic carbocycles. The van der Waals surface area contributed by atoms with Crippen LogP contribution in [-0.2, 0) is 20.0 Å².